The molecule has 0 aliphatic carbocycles. The van der Waals surface area contributed by atoms with E-state index in [0.717, 1.165) is 19.6 Å². The van der Waals surface area contributed by atoms with Gasteiger partial charge in [0.2, 0.25) is 0 Å². The third-order valence-corrected chi connectivity index (χ3v) is 5.18. The molecule has 18 heavy (non-hydrogen) atoms. The average Bonchev–Trinajstić information content (AvgIpc) is 2.90. The number of fused-ring (bicyclic) bond motifs is 1. The average molecular weight is 254 g/mol. The predicted octanol–water partition coefficient (Wildman–Crippen LogP) is 1.26. The minimum absolute atomic E-state index is 0.0692. The molecular weight excluding hydrogens is 228 g/mol. The van der Waals surface area contributed by atoms with Crippen molar-refractivity contribution >= 4 is 5.91 Å². The fourth-order valence-electron chi connectivity index (χ4n) is 3.43. The normalized spacial score (nSPS) is 33.3. The van der Waals surface area contributed by atoms with Crippen LogP contribution in [0.2, 0.25) is 0 Å². The number of amides is 1. The first kappa shape index (κ1) is 13.8. The first-order valence-corrected chi connectivity index (χ1v) is 6.94. The van der Waals surface area contributed by atoms with E-state index in [-0.39, 0.29) is 11.4 Å². The zero-order valence-electron chi connectivity index (χ0n) is 12.2. The van der Waals surface area contributed by atoms with Crippen molar-refractivity contribution in [1.29, 1.82) is 0 Å². The van der Waals surface area contributed by atoms with Gasteiger partial charge in [-0.2, -0.15) is 0 Å². The lowest BCUT2D eigenvalue weighted by atomic mass is 9.84. The van der Waals surface area contributed by atoms with Gasteiger partial charge in [-0.1, -0.05) is 6.92 Å². The van der Waals surface area contributed by atoms with Crippen molar-refractivity contribution in [3.8, 4) is 0 Å². The summed E-state index contributed by atoms with van der Waals surface area (Å²) in [7, 11) is 1.63. The number of methoxy groups -OCH3 is 1. The highest BCUT2D eigenvalue weighted by molar-refractivity contribution is 5.86. The third-order valence-electron chi connectivity index (χ3n) is 5.18. The third kappa shape index (κ3) is 1.86. The molecule has 0 radical (unpaired) electrons. The highest BCUT2D eigenvalue weighted by Gasteiger charge is 2.53. The molecule has 104 valence electrons. The lowest BCUT2D eigenvalue weighted by Gasteiger charge is -2.40. The van der Waals surface area contributed by atoms with E-state index < -0.39 is 5.60 Å². The minimum Gasteiger partial charge on any atom is -0.369 e. The highest BCUT2D eigenvalue weighted by Crippen LogP contribution is 2.42. The zero-order chi connectivity index (χ0) is 13.6. The van der Waals surface area contributed by atoms with E-state index >= 15 is 0 Å². The maximum absolute atomic E-state index is 12.8. The van der Waals surface area contributed by atoms with Crippen LogP contribution in [0.25, 0.3) is 0 Å². The standard InChI is InChI=1S/C14H26N2O2/c1-6-14(4,18-5)12(17)16-9-10-7-15-8-11(10)13(16,2)3/h10-11,15H,6-9H2,1-5H3. The number of likely N-dealkylation sites (tertiary alicyclic amines) is 1. The second kappa shape index (κ2) is 4.49. The van der Waals surface area contributed by atoms with Gasteiger partial charge in [0.1, 0.15) is 5.60 Å². The second-order valence-electron chi connectivity index (χ2n) is 6.38. The number of hydrogen-bond donors (Lipinski definition) is 1. The van der Waals surface area contributed by atoms with Gasteiger partial charge in [0, 0.05) is 32.3 Å². The van der Waals surface area contributed by atoms with E-state index in [0.29, 0.717) is 18.3 Å². The van der Waals surface area contributed by atoms with Crippen molar-refractivity contribution in [2.24, 2.45) is 11.8 Å². The Morgan fingerprint density at radius 2 is 2.17 bits per heavy atom. The van der Waals surface area contributed by atoms with E-state index in [2.05, 4.69) is 24.1 Å². The number of rotatable bonds is 3. The van der Waals surface area contributed by atoms with Crippen LogP contribution < -0.4 is 5.32 Å². The monoisotopic (exact) mass is 254 g/mol. The molecule has 1 N–H and O–H groups in total. The maximum Gasteiger partial charge on any atom is 0.254 e. The first-order chi connectivity index (χ1) is 8.36. The van der Waals surface area contributed by atoms with Crippen molar-refractivity contribution in [2.45, 2.75) is 45.3 Å². The summed E-state index contributed by atoms with van der Waals surface area (Å²) in [6.45, 7) is 11.2. The molecule has 4 heteroatoms. The topological polar surface area (TPSA) is 41.6 Å². The molecule has 0 aromatic heterocycles. The fraction of sp³-hybridized carbons (Fsp3) is 0.929. The molecule has 2 saturated heterocycles. The number of nitrogens with one attached hydrogen (secondary N) is 1. The lowest BCUT2D eigenvalue weighted by Crippen LogP contribution is -2.55. The highest BCUT2D eigenvalue weighted by atomic mass is 16.5. The van der Waals surface area contributed by atoms with Crippen molar-refractivity contribution in [1.82, 2.24) is 10.2 Å². The summed E-state index contributed by atoms with van der Waals surface area (Å²) >= 11 is 0. The molecule has 2 aliphatic heterocycles. The quantitative estimate of drug-likeness (QED) is 0.824. The second-order valence-corrected chi connectivity index (χ2v) is 6.38. The smallest absolute Gasteiger partial charge is 0.254 e. The van der Waals surface area contributed by atoms with E-state index in [1.807, 2.05) is 13.8 Å². The van der Waals surface area contributed by atoms with Gasteiger partial charge in [0.25, 0.3) is 5.91 Å². The summed E-state index contributed by atoms with van der Waals surface area (Å²) in [5.74, 6) is 1.31. The minimum atomic E-state index is -0.677. The zero-order valence-corrected chi connectivity index (χ0v) is 12.2. The maximum atomic E-state index is 12.8. The van der Waals surface area contributed by atoms with Crippen LogP contribution in [0.5, 0.6) is 0 Å². The molecule has 0 spiro atoms. The van der Waals surface area contributed by atoms with Crippen molar-refractivity contribution in [2.75, 3.05) is 26.7 Å². The molecule has 2 rings (SSSR count). The predicted molar refractivity (Wildman–Crippen MR) is 71.3 cm³/mol. The van der Waals surface area contributed by atoms with Crippen molar-refractivity contribution in [3.05, 3.63) is 0 Å². The Morgan fingerprint density at radius 1 is 1.50 bits per heavy atom. The van der Waals surface area contributed by atoms with Gasteiger partial charge in [0.15, 0.2) is 0 Å². The van der Waals surface area contributed by atoms with Crippen LogP contribution in [-0.2, 0) is 9.53 Å². The Balaban J connectivity index is 2.22. The van der Waals surface area contributed by atoms with E-state index in [1.165, 1.54) is 0 Å². The summed E-state index contributed by atoms with van der Waals surface area (Å²) < 4.78 is 5.47. The number of nitrogens with zero attached hydrogens (tertiary/aromatic N) is 1. The summed E-state index contributed by atoms with van der Waals surface area (Å²) in [4.78, 5) is 14.8. The van der Waals surface area contributed by atoms with Gasteiger partial charge in [-0.3, -0.25) is 4.79 Å². The van der Waals surface area contributed by atoms with Gasteiger partial charge in [-0.15, -0.1) is 0 Å². The Labute approximate surface area is 110 Å². The summed E-state index contributed by atoms with van der Waals surface area (Å²) in [5, 5.41) is 3.44. The Bertz CT molecular complexity index is 337. The molecule has 2 aliphatic rings. The van der Waals surface area contributed by atoms with Gasteiger partial charge < -0.3 is 15.0 Å². The molecular formula is C14H26N2O2. The van der Waals surface area contributed by atoms with Gasteiger partial charge in [-0.05, 0) is 39.0 Å². The number of ether oxygens (including phenoxy) is 1. The molecule has 0 bridgehead atoms. The van der Waals surface area contributed by atoms with Crippen LogP contribution in [0.3, 0.4) is 0 Å². The SMILES string of the molecule is CCC(C)(OC)C(=O)N1CC2CNCC2C1(C)C. The fourth-order valence-corrected chi connectivity index (χ4v) is 3.43. The molecule has 2 fully saturated rings. The number of carbonyl (C=O) groups is 1. The van der Waals surface area contributed by atoms with Crippen LogP contribution in [-0.4, -0.2) is 48.7 Å². The van der Waals surface area contributed by atoms with Crippen molar-refractivity contribution < 1.29 is 9.53 Å². The van der Waals surface area contributed by atoms with Crippen LogP contribution in [0, 0.1) is 11.8 Å². The van der Waals surface area contributed by atoms with Gasteiger partial charge >= 0.3 is 0 Å². The number of hydrogen-bond acceptors (Lipinski definition) is 3. The lowest BCUT2D eigenvalue weighted by molar-refractivity contribution is -0.157. The molecule has 3 unspecified atom stereocenters. The van der Waals surface area contributed by atoms with Gasteiger partial charge in [0.05, 0.1) is 0 Å². The number of carbonyl (C=O) groups excluding carboxylic acids is 1. The van der Waals surface area contributed by atoms with E-state index in [9.17, 15) is 4.79 Å². The summed E-state index contributed by atoms with van der Waals surface area (Å²) in [6.07, 6.45) is 0.711. The van der Waals surface area contributed by atoms with Crippen LogP contribution in [0.15, 0.2) is 0 Å². The Kier molecular flexibility index (Phi) is 3.45. The Morgan fingerprint density at radius 3 is 2.67 bits per heavy atom. The van der Waals surface area contributed by atoms with Crippen LogP contribution >= 0.6 is 0 Å². The molecule has 0 aromatic carbocycles. The summed E-state index contributed by atoms with van der Waals surface area (Å²) in [6, 6.07) is 0. The van der Waals surface area contributed by atoms with Crippen molar-refractivity contribution in [3.63, 3.8) is 0 Å². The van der Waals surface area contributed by atoms with Gasteiger partial charge in [-0.25, -0.2) is 0 Å². The molecule has 1 amide bonds. The van der Waals surface area contributed by atoms with E-state index in [4.69, 9.17) is 4.74 Å². The molecule has 0 saturated carbocycles. The summed E-state index contributed by atoms with van der Waals surface area (Å²) in [5.41, 5.74) is -0.746. The first-order valence-electron chi connectivity index (χ1n) is 6.94. The molecule has 3 atom stereocenters. The molecule has 0 aromatic rings. The molecule has 2 heterocycles. The van der Waals surface area contributed by atoms with Crippen LogP contribution in [0.1, 0.15) is 34.1 Å². The van der Waals surface area contributed by atoms with E-state index in [1.54, 1.807) is 7.11 Å². The Hall–Kier alpha value is -0.610. The largest absolute Gasteiger partial charge is 0.369 e. The van der Waals surface area contributed by atoms with Crippen LogP contribution in [0.4, 0.5) is 0 Å². The molecule has 4 nitrogen and oxygen atoms in total.